The number of hydrogen-bond donors (Lipinski definition) is 0. The second-order valence-electron chi connectivity index (χ2n) is 19.0. The van der Waals surface area contributed by atoms with Crippen LogP contribution in [0.2, 0.25) is 0 Å². The Morgan fingerprint density at radius 1 is 0.350 bits per heavy atom. The van der Waals surface area contributed by atoms with Gasteiger partial charge < -0.3 is 4.90 Å². The van der Waals surface area contributed by atoms with E-state index >= 15 is 0 Å². The Bertz CT molecular complexity index is 3050. The van der Waals surface area contributed by atoms with Crippen molar-refractivity contribution in [3.8, 4) is 44.5 Å². The highest BCUT2D eigenvalue weighted by atomic mass is 15.1. The van der Waals surface area contributed by atoms with Gasteiger partial charge in [0, 0.05) is 27.8 Å². The minimum absolute atomic E-state index is 0.136. The highest BCUT2D eigenvalue weighted by Gasteiger charge is 2.54. The first kappa shape index (κ1) is 35.5. The summed E-state index contributed by atoms with van der Waals surface area (Å²) >= 11 is 0. The molecule has 0 amide bonds. The highest BCUT2D eigenvalue weighted by molar-refractivity contribution is 6.03. The molecule has 0 radical (unpaired) electrons. The second-order valence-corrected chi connectivity index (χ2v) is 19.0. The summed E-state index contributed by atoms with van der Waals surface area (Å²) in [5, 5.41) is 0. The molecule has 1 heteroatoms. The first-order valence-corrected chi connectivity index (χ1v) is 21.7. The zero-order valence-electron chi connectivity index (χ0n) is 35.9. The topological polar surface area (TPSA) is 3.24 Å². The van der Waals surface area contributed by atoms with Crippen LogP contribution in [0.15, 0.2) is 152 Å². The van der Waals surface area contributed by atoms with Crippen molar-refractivity contribution in [3.63, 3.8) is 0 Å². The van der Waals surface area contributed by atoms with Crippen LogP contribution in [-0.4, -0.2) is 0 Å². The third-order valence-electron chi connectivity index (χ3n) is 15.4. The lowest BCUT2D eigenvalue weighted by molar-refractivity contribution is 0.660. The standard InChI is InChI=1S/C59H49N/c1-34-29-46-53(30-35(34)2)59(49-23-15-11-19-42(49)43-20-12-16-24-50(43)59)56-37(4)36(3)31-54(55(46)56)60(38-25-27-44-40-17-9-13-21-47(40)57(5,6)51(44)32-38)39-26-28-45-41-18-10-14-22-48(41)58(7,8)52(45)33-39/h9-33H,1-8H3. The smallest absolute Gasteiger partial charge is 0.0729 e. The molecule has 0 saturated carbocycles. The maximum atomic E-state index is 2.62. The molecule has 0 saturated heterocycles. The van der Waals surface area contributed by atoms with Crippen LogP contribution in [0, 0.1) is 27.7 Å². The van der Waals surface area contributed by atoms with Gasteiger partial charge in [-0.2, -0.15) is 0 Å². The van der Waals surface area contributed by atoms with Crippen molar-refractivity contribution in [2.75, 3.05) is 4.90 Å². The summed E-state index contributed by atoms with van der Waals surface area (Å²) in [5.41, 5.74) is 30.1. The lowest BCUT2D eigenvalue weighted by atomic mass is 9.68. The molecule has 4 aliphatic carbocycles. The van der Waals surface area contributed by atoms with Gasteiger partial charge in [-0.05, 0) is 164 Å². The third kappa shape index (κ3) is 4.28. The van der Waals surface area contributed by atoms with Crippen molar-refractivity contribution >= 4 is 17.1 Å². The maximum absolute atomic E-state index is 2.62. The number of rotatable bonds is 3. The van der Waals surface area contributed by atoms with Gasteiger partial charge in [0.25, 0.3) is 0 Å². The van der Waals surface area contributed by atoms with E-state index in [1.807, 2.05) is 0 Å². The lowest BCUT2D eigenvalue weighted by Gasteiger charge is -2.34. The van der Waals surface area contributed by atoms with E-state index in [1.54, 1.807) is 0 Å². The fourth-order valence-corrected chi connectivity index (χ4v) is 12.2. The van der Waals surface area contributed by atoms with Gasteiger partial charge in [-0.25, -0.2) is 0 Å². The Kier molecular flexibility index (Phi) is 7.01. The quantitative estimate of drug-likeness (QED) is 0.173. The van der Waals surface area contributed by atoms with E-state index in [2.05, 4.69) is 212 Å². The number of fused-ring (bicyclic) bond motifs is 16. The van der Waals surface area contributed by atoms with Gasteiger partial charge in [-0.15, -0.1) is 0 Å². The Morgan fingerprint density at radius 2 is 0.767 bits per heavy atom. The van der Waals surface area contributed by atoms with Gasteiger partial charge >= 0.3 is 0 Å². The average Bonchev–Trinajstić information content (AvgIpc) is 3.88. The van der Waals surface area contributed by atoms with Gasteiger partial charge in [0.2, 0.25) is 0 Å². The molecule has 1 nitrogen and oxygen atoms in total. The van der Waals surface area contributed by atoms with Crippen LogP contribution >= 0.6 is 0 Å². The molecule has 8 aromatic carbocycles. The van der Waals surface area contributed by atoms with Gasteiger partial charge in [0.05, 0.1) is 11.1 Å². The Morgan fingerprint density at radius 3 is 1.27 bits per heavy atom. The molecule has 290 valence electrons. The molecular formula is C59H49N. The van der Waals surface area contributed by atoms with Crippen molar-refractivity contribution < 1.29 is 0 Å². The van der Waals surface area contributed by atoms with Gasteiger partial charge in [-0.3, -0.25) is 0 Å². The van der Waals surface area contributed by atoms with Gasteiger partial charge in [-0.1, -0.05) is 149 Å². The van der Waals surface area contributed by atoms with Crippen molar-refractivity contribution in [1.82, 2.24) is 0 Å². The molecule has 12 rings (SSSR count). The van der Waals surface area contributed by atoms with Crippen LogP contribution in [-0.2, 0) is 16.2 Å². The molecule has 0 unspecified atom stereocenters. The number of anilines is 3. The normalized spacial score (nSPS) is 15.7. The Hall–Kier alpha value is -6.44. The van der Waals surface area contributed by atoms with Crippen LogP contribution in [0.3, 0.4) is 0 Å². The number of aryl methyl sites for hydroxylation is 3. The third-order valence-corrected chi connectivity index (χ3v) is 15.4. The molecule has 8 aromatic rings. The molecule has 0 bridgehead atoms. The zero-order valence-corrected chi connectivity index (χ0v) is 35.9. The van der Waals surface area contributed by atoms with E-state index in [0.717, 1.165) is 0 Å². The van der Waals surface area contributed by atoms with Gasteiger partial charge in [0.1, 0.15) is 0 Å². The summed E-state index contributed by atoms with van der Waals surface area (Å²) in [6, 6.07) is 58.5. The average molecular weight is 772 g/mol. The summed E-state index contributed by atoms with van der Waals surface area (Å²) in [4.78, 5) is 2.62. The van der Waals surface area contributed by atoms with Crippen LogP contribution in [0.1, 0.15) is 94.5 Å². The molecule has 0 atom stereocenters. The maximum Gasteiger partial charge on any atom is 0.0729 e. The SMILES string of the molecule is Cc1cc2c(cc1C)C1(c3ccccc3-c3ccccc31)c1c(C)c(C)cc(N(c3ccc4c(c3)C(C)(C)c3ccccc3-4)c3ccc4c(c3)C(C)(C)c3ccccc3-4)c1-2. The Balaban J connectivity index is 1.20. The molecule has 0 aliphatic heterocycles. The van der Waals surface area contributed by atoms with E-state index in [9.17, 15) is 0 Å². The summed E-state index contributed by atoms with van der Waals surface area (Å²) in [7, 11) is 0. The molecule has 0 N–H and O–H groups in total. The minimum atomic E-state index is -0.448. The molecular weight excluding hydrogens is 723 g/mol. The van der Waals surface area contributed by atoms with E-state index in [0.29, 0.717) is 0 Å². The van der Waals surface area contributed by atoms with Crippen LogP contribution in [0.5, 0.6) is 0 Å². The summed E-state index contributed by atoms with van der Waals surface area (Å²) in [6.07, 6.45) is 0. The van der Waals surface area contributed by atoms with Crippen LogP contribution in [0.4, 0.5) is 17.1 Å². The van der Waals surface area contributed by atoms with Crippen LogP contribution in [0.25, 0.3) is 44.5 Å². The first-order chi connectivity index (χ1) is 28.9. The van der Waals surface area contributed by atoms with Crippen LogP contribution < -0.4 is 4.90 Å². The fraction of sp³-hybridized carbons (Fsp3) is 0.186. The molecule has 0 heterocycles. The molecule has 0 aromatic heterocycles. The number of benzene rings is 8. The van der Waals surface area contributed by atoms with Crippen molar-refractivity contribution in [2.45, 2.75) is 71.6 Å². The predicted molar refractivity (Wildman–Crippen MR) is 251 cm³/mol. The van der Waals surface area contributed by atoms with Crippen molar-refractivity contribution in [3.05, 3.63) is 218 Å². The first-order valence-electron chi connectivity index (χ1n) is 21.7. The highest BCUT2D eigenvalue weighted by Crippen LogP contribution is 2.66. The lowest BCUT2D eigenvalue weighted by Crippen LogP contribution is -2.27. The monoisotopic (exact) mass is 771 g/mol. The van der Waals surface area contributed by atoms with Crippen molar-refractivity contribution in [1.29, 1.82) is 0 Å². The number of hydrogen-bond acceptors (Lipinski definition) is 1. The summed E-state index contributed by atoms with van der Waals surface area (Å²) in [5.74, 6) is 0. The fourth-order valence-electron chi connectivity index (χ4n) is 12.2. The largest absolute Gasteiger partial charge is 0.310 e. The van der Waals surface area contributed by atoms with Gasteiger partial charge in [0.15, 0.2) is 0 Å². The van der Waals surface area contributed by atoms with E-state index in [1.165, 1.54) is 128 Å². The minimum Gasteiger partial charge on any atom is -0.310 e. The zero-order chi connectivity index (χ0) is 41.0. The Labute approximate surface area is 355 Å². The van der Waals surface area contributed by atoms with E-state index in [-0.39, 0.29) is 10.8 Å². The number of nitrogens with zero attached hydrogens (tertiary/aromatic N) is 1. The van der Waals surface area contributed by atoms with E-state index < -0.39 is 5.41 Å². The second kappa shape index (κ2) is 11.9. The van der Waals surface area contributed by atoms with E-state index in [4.69, 9.17) is 0 Å². The molecule has 0 fully saturated rings. The molecule has 4 aliphatic rings. The summed E-state index contributed by atoms with van der Waals surface area (Å²) < 4.78 is 0. The predicted octanol–water partition coefficient (Wildman–Crippen LogP) is 15.3. The molecule has 1 spiro atoms. The summed E-state index contributed by atoms with van der Waals surface area (Å²) in [6.45, 7) is 18.9. The molecule has 60 heavy (non-hydrogen) atoms. The van der Waals surface area contributed by atoms with Crippen molar-refractivity contribution in [2.24, 2.45) is 0 Å².